The van der Waals surface area contributed by atoms with Crippen molar-refractivity contribution < 1.29 is 18.0 Å². The van der Waals surface area contributed by atoms with Crippen LogP contribution in [0.5, 0.6) is 0 Å². The molecule has 0 aromatic heterocycles. The lowest BCUT2D eigenvalue weighted by atomic mass is 9.91. The van der Waals surface area contributed by atoms with Crippen LogP contribution in [-0.4, -0.2) is 5.78 Å². The van der Waals surface area contributed by atoms with E-state index in [0.29, 0.717) is 22.9 Å². The van der Waals surface area contributed by atoms with Crippen LogP contribution in [0.2, 0.25) is 0 Å². The van der Waals surface area contributed by atoms with Gasteiger partial charge in [-0.05, 0) is 51.2 Å². The minimum atomic E-state index is -4.39. The second-order valence-electron chi connectivity index (χ2n) is 8.08. The number of fused-ring (bicyclic) bond motifs is 2. The predicted octanol–water partition coefficient (Wildman–Crippen LogP) is 7.83. The van der Waals surface area contributed by atoms with Gasteiger partial charge in [0.2, 0.25) is 0 Å². The van der Waals surface area contributed by atoms with Gasteiger partial charge in [-0.25, -0.2) is 0 Å². The number of alkyl halides is 3. The molecule has 0 spiro atoms. The third kappa shape index (κ3) is 4.12. The van der Waals surface area contributed by atoms with Crippen LogP contribution >= 0.6 is 0 Å². The third-order valence-corrected chi connectivity index (χ3v) is 5.92. The van der Waals surface area contributed by atoms with Crippen LogP contribution in [0.3, 0.4) is 0 Å². The minimum Gasteiger partial charge on any atom is -0.289 e. The topological polar surface area (TPSA) is 17.1 Å². The first-order valence-electron chi connectivity index (χ1n) is 10.6. The van der Waals surface area contributed by atoms with E-state index in [2.05, 4.69) is 0 Å². The molecule has 0 radical (unpaired) electrons. The molecule has 5 rings (SSSR count). The molecule has 0 saturated carbocycles. The molecular weight excluding hydrogens is 421 g/mol. The van der Waals surface area contributed by atoms with Gasteiger partial charge < -0.3 is 0 Å². The lowest BCUT2D eigenvalue weighted by molar-refractivity contribution is -0.137. The molecule has 0 fully saturated rings. The van der Waals surface area contributed by atoms with Gasteiger partial charge in [0.25, 0.3) is 0 Å². The summed E-state index contributed by atoms with van der Waals surface area (Å²) in [5, 5.41) is 3.16. The summed E-state index contributed by atoms with van der Waals surface area (Å²) < 4.78 is 39.4. The number of hydrogen-bond donors (Lipinski definition) is 0. The number of carbonyl (C=O) groups excluding carboxylic acids is 1. The normalized spacial score (nSPS) is 11.7. The Morgan fingerprint density at radius 2 is 1.33 bits per heavy atom. The van der Waals surface area contributed by atoms with Crippen molar-refractivity contribution in [3.05, 3.63) is 131 Å². The van der Waals surface area contributed by atoms with Gasteiger partial charge in [0.1, 0.15) is 0 Å². The van der Waals surface area contributed by atoms with E-state index >= 15 is 0 Å². The van der Waals surface area contributed by atoms with Crippen LogP contribution in [0, 0.1) is 0 Å². The first-order chi connectivity index (χ1) is 15.9. The minimum absolute atomic E-state index is 0.0671. The molecule has 5 aromatic carbocycles. The molecule has 0 N–H and O–H groups in total. The summed E-state index contributed by atoms with van der Waals surface area (Å²) in [5.41, 5.74) is 2.24. The highest BCUT2D eigenvalue weighted by Crippen LogP contribution is 2.32. The number of halogens is 3. The Hall–Kier alpha value is -3.92. The maximum atomic E-state index is 13.5. The van der Waals surface area contributed by atoms with Gasteiger partial charge in [0.15, 0.2) is 5.78 Å². The van der Waals surface area contributed by atoms with E-state index in [-0.39, 0.29) is 5.78 Å². The van der Waals surface area contributed by atoms with Gasteiger partial charge >= 0.3 is 6.18 Å². The lowest BCUT2D eigenvalue weighted by Crippen LogP contribution is -2.07. The van der Waals surface area contributed by atoms with Crippen molar-refractivity contribution in [2.24, 2.45) is 0 Å². The lowest BCUT2D eigenvalue weighted by Gasteiger charge is -2.12. The van der Waals surface area contributed by atoms with Gasteiger partial charge in [-0.3, -0.25) is 4.79 Å². The zero-order chi connectivity index (χ0) is 23.0. The number of benzene rings is 5. The summed E-state index contributed by atoms with van der Waals surface area (Å²) in [6, 6.07) is 30.1. The molecule has 33 heavy (non-hydrogen) atoms. The van der Waals surface area contributed by atoms with E-state index in [1.54, 1.807) is 6.07 Å². The molecule has 5 aromatic rings. The van der Waals surface area contributed by atoms with Crippen molar-refractivity contribution >= 4 is 27.3 Å². The summed E-state index contributed by atoms with van der Waals surface area (Å²) >= 11 is 0. The quantitative estimate of drug-likeness (QED) is 0.260. The van der Waals surface area contributed by atoms with Gasteiger partial charge in [0, 0.05) is 11.1 Å². The number of ketones is 1. The van der Waals surface area contributed by atoms with Gasteiger partial charge in [-0.2, -0.15) is 13.2 Å². The van der Waals surface area contributed by atoms with E-state index in [9.17, 15) is 18.0 Å². The monoisotopic (exact) mass is 440 g/mol. The molecule has 0 amide bonds. The number of hydrogen-bond acceptors (Lipinski definition) is 1. The average molecular weight is 440 g/mol. The summed E-state index contributed by atoms with van der Waals surface area (Å²) in [6.45, 7) is 0. The summed E-state index contributed by atoms with van der Waals surface area (Å²) in [5.74, 6) is -0.0671. The van der Waals surface area contributed by atoms with Crippen molar-refractivity contribution in [1.82, 2.24) is 0 Å². The van der Waals surface area contributed by atoms with Crippen LogP contribution in [0.25, 0.3) is 21.5 Å². The Morgan fingerprint density at radius 1 is 0.636 bits per heavy atom. The van der Waals surface area contributed by atoms with Gasteiger partial charge in [-0.1, -0.05) is 91.0 Å². The van der Waals surface area contributed by atoms with E-state index in [0.717, 1.165) is 33.4 Å². The molecule has 0 bridgehead atoms. The number of rotatable bonds is 4. The van der Waals surface area contributed by atoms with Crippen LogP contribution in [-0.2, 0) is 12.6 Å². The summed E-state index contributed by atoms with van der Waals surface area (Å²) in [4.78, 5) is 13.5. The first kappa shape index (κ1) is 21.0. The Kier molecular flexibility index (Phi) is 5.21. The predicted molar refractivity (Wildman–Crippen MR) is 126 cm³/mol. The SMILES string of the molecule is O=C(c1ccccc1Cc1ccc2ccc(C(F)(F)F)cc2c1)c1cccc2ccccc12. The summed E-state index contributed by atoms with van der Waals surface area (Å²) in [7, 11) is 0. The Balaban J connectivity index is 1.53. The zero-order valence-electron chi connectivity index (χ0n) is 17.6. The highest BCUT2D eigenvalue weighted by Gasteiger charge is 2.30. The fourth-order valence-electron chi connectivity index (χ4n) is 4.27. The molecule has 0 atom stereocenters. The molecule has 0 heterocycles. The van der Waals surface area contributed by atoms with Crippen LogP contribution in [0.4, 0.5) is 13.2 Å². The third-order valence-electron chi connectivity index (χ3n) is 5.92. The Labute approximate surface area is 189 Å². The smallest absolute Gasteiger partial charge is 0.289 e. The Bertz CT molecular complexity index is 1490. The second-order valence-corrected chi connectivity index (χ2v) is 8.08. The van der Waals surface area contributed by atoms with Gasteiger partial charge in [-0.15, -0.1) is 0 Å². The summed E-state index contributed by atoms with van der Waals surface area (Å²) in [6.07, 6.45) is -3.94. The average Bonchev–Trinajstić information content (AvgIpc) is 2.82. The molecule has 0 aliphatic carbocycles. The van der Waals surface area contributed by atoms with Crippen LogP contribution < -0.4 is 0 Å². The van der Waals surface area contributed by atoms with E-state index in [1.807, 2.05) is 78.9 Å². The van der Waals surface area contributed by atoms with Gasteiger partial charge in [0.05, 0.1) is 5.56 Å². The highest BCUT2D eigenvalue weighted by atomic mass is 19.4. The van der Waals surface area contributed by atoms with Crippen molar-refractivity contribution in [3.8, 4) is 0 Å². The molecule has 0 saturated heterocycles. The largest absolute Gasteiger partial charge is 0.416 e. The number of carbonyl (C=O) groups is 1. The van der Waals surface area contributed by atoms with Crippen LogP contribution in [0.15, 0.2) is 103 Å². The van der Waals surface area contributed by atoms with Crippen molar-refractivity contribution in [2.75, 3.05) is 0 Å². The Morgan fingerprint density at radius 3 is 2.18 bits per heavy atom. The fourth-order valence-corrected chi connectivity index (χ4v) is 4.27. The van der Waals surface area contributed by atoms with Crippen molar-refractivity contribution in [2.45, 2.75) is 12.6 Å². The molecule has 4 heteroatoms. The van der Waals surface area contributed by atoms with Crippen LogP contribution in [0.1, 0.15) is 32.6 Å². The van der Waals surface area contributed by atoms with Crippen molar-refractivity contribution in [1.29, 1.82) is 0 Å². The molecule has 162 valence electrons. The first-order valence-corrected chi connectivity index (χ1v) is 10.6. The highest BCUT2D eigenvalue weighted by molar-refractivity contribution is 6.17. The maximum absolute atomic E-state index is 13.5. The molecule has 1 nitrogen and oxygen atoms in total. The van der Waals surface area contributed by atoms with E-state index < -0.39 is 11.7 Å². The molecule has 0 unspecified atom stereocenters. The standard InChI is InChI=1S/C29H19F3O/c30-29(31,32)24-15-14-20-13-12-19(17-23(20)18-24)16-22-7-2-4-10-26(22)28(33)27-11-5-8-21-6-1-3-9-25(21)27/h1-15,17-18H,16H2. The maximum Gasteiger partial charge on any atom is 0.416 e. The van der Waals surface area contributed by atoms with Crippen molar-refractivity contribution in [3.63, 3.8) is 0 Å². The zero-order valence-corrected chi connectivity index (χ0v) is 17.6. The van der Waals surface area contributed by atoms with E-state index in [4.69, 9.17) is 0 Å². The molecule has 0 aliphatic heterocycles. The fraction of sp³-hybridized carbons (Fsp3) is 0.0690. The second kappa shape index (κ2) is 8.21. The molecular formula is C29H19F3O. The molecule has 0 aliphatic rings. The van der Waals surface area contributed by atoms with E-state index in [1.165, 1.54) is 12.1 Å².